The molecule has 1 aromatic carbocycles. The molecule has 2 heterocycles. The van der Waals surface area contributed by atoms with E-state index in [1.165, 1.54) is 18.3 Å². The van der Waals surface area contributed by atoms with Gasteiger partial charge in [-0.25, -0.2) is 4.39 Å². The van der Waals surface area contributed by atoms with Gasteiger partial charge >= 0.3 is 0 Å². The number of nitrogens with zero attached hydrogens (tertiary/aromatic N) is 3. The summed E-state index contributed by atoms with van der Waals surface area (Å²) in [5, 5.41) is 13.2. The number of pyridine rings is 2. The summed E-state index contributed by atoms with van der Waals surface area (Å²) in [6.07, 6.45) is 3.98. The Morgan fingerprint density at radius 1 is 1.26 bits per heavy atom. The normalized spacial score (nSPS) is 10.5. The van der Waals surface area contributed by atoms with Crippen LogP contribution in [0.15, 0.2) is 42.7 Å². The summed E-state index contributed by atoms with van der Waals surface area (Å²) in [5.74, 6) is -0.334. The number of anilines is 1. The molecule has 0 spiro atoms. The molecular weight excluding hydrogens is 291 g/mol. The summed E-state index contributed by atoms with van der Waals surface area (Å²) in [7, 11) is 0. The average molecular weight is 306 g/mol. The van der Waals surface area contributed by atoms with Crippen molar-refractivity contribution in [2.24, 2.45) is 0 Å². The molecule has 0 atom stereocenters. The van der Waals surface area contributed by atoms with Gasteiger partial charge in [-0.3, -0.25) is 9.97 Å². The molecule has 0 radical (unpaired) electrons. The summed E-state index contributed by atoms with van der Waals surface area (Å²) in [6, 6.07) is 10.7. The third-order valence-corrected chi connectivity index (χ3v) is 3.66. The molecule has 3 rings (SSSR count). The van der Waals surface area contributed by atoms with Gasteiger partial charge in [0, 0.05) is 36.4 Å². The van der Waals surface area contributed by atoms with Crippen LogP contribution in [-0.4, -0.2) is 16.5 Å². The molecular formula is C18H15FN4. The lowest BCUT2D eigenvalue weighted by molar-refractivity contribution is 0.628. The van der Waals surface area contributed by atoms with Crippen LogP contribution in [0.2, 0.25) is 0 Å². The van der Waals surface area contributed by atoms with E-state index in [-0.39, 0.29) is 5.82 Å². The van der Waals surface area contributed by atoms with Gasteiger partial charge in [-0.15, -0.1) is 0 Å². The summed E-state index contributed by atoms with van der Waals surface area (Å²) in [4.78, 5) is 8.54. The highest BCUT2D eigenvalue weighted by atomic mass is 19.1. The van der Waals surface area contributed by atoms with Crippen molar-refractivity contribution < 1.29 is 4.39 Å². The fraction of sp³-hybridized carbons (Fsp3) is 0.167. The van der Waals surface area contributed by atoms with Crippen molar-refractivity contribution in [3.63, 3.8) is 0 Å². The first-order valence-electron chi connectivity index (χ1n) is 7.32. The van der Waals surface area contributed by atoms with Crippen molar-refractivity contribution >= 4 is 16.6 Å². The molecule has 0 unspecified atom stereocenters. The minimum absolute atomic E-state index is 0.334. The maximum absolute atomic E-state index is 13.8. The first-order valence-corrected chi connectivity index (χ1v) is 7.32. The Balaban J connectivity index is 1.93. The van der Waals surface area contributed by atoms with Gasteiger partial charge in [0.1, 0.15) is 11.9 Å². The molecule has 0 aliphatic rings. The minimum atomic E-state index is -0.334. The number of benzene rings is 1. The third kappa shape index (κ3) is 3.11. The van der Waals surface area contributed by atoms with Crippen LogP contribution in [0.25, 0.3) is 10.9 Å². The van der Waals surface area contributed by atoms with Crippen LogP contribution in [-0.2, 0) is 6.42 Å². The lowest BCUT2D eigenvalue weighted by Gasteiger charge is -2.12. The second kappa shape index (κ2) is 6.41. The van der Waals surface area contributed by atoms with E-state index < -0.39 is 0 Å². The van der Waals surface area contributed by atoms with E-state index in [0.717, 1.165) is 11.3 Å². The lowest BCUT2D eigenvalue weighted by Crippen LogP contribution is -2.08. The maximum Gasteiger partial charge on any atom is 0.124 e. The smallest absolute Gasteiger partial charge is 0.124 e. The number of rotatable bonds is 4. The zero-order chi connectivity index (χ0) is 16.2. The van der Waals surface area contributed by atoms with E-state index in [1.54, 1.807) is 6.20 Å². The Kier molecular flexibility index (Phi) is 4.15. The van der Waals surface area contributed by atoms with Crippen LogP contribution < -0.4 is 5.32 Å². The van der Waals surface area contributed by atoms with Crippen molar-refractivity contribution in [3.05, 3.63) is 65.4 Å². The second-order valence-electron chi connectivity index (χ2n) is 5.28. The first-order chi connectivity index (χ1) is 11.2. The zero-order valence-electron chi connectivity index (χ0n) is 12.7. The molecule has 3 aromatic rings. The van der Waals surface area contributed by atoms with Crippen LogP contribution in [0.5, 0.6) is 0 Å². The van der Waals surface area contributed by atoms with E-state index in [4.69, 9.17) is 0 Å². The van der Waals surface area contributed by atoms with Crippen molar-refractivity contribution in [3.8, 4) is 6.07 Å². The molecule has 0 aliphatic heterocycles. The highest BCUT2D eigenvalue weighted by Gasteiger charge is 2.11. The number of hydrogen-bond acceptors (Lipinski definition) is 4. The summed E-state index contributed by atoms with van der Waals surface area (Å²) in [6.45, 7) is 2.41. The molecule has 1 N–H and O–H groups in total. The average Bonchev–Trinajstić information content (AvgIpc) is 2.56. The Morgan fingerprint density at radius 3 is 2.87 bits per heavy atom. The molecule has 4 nitrogen and oxygen atoms in total. The maximum atomic E-state index is 13.8. The number of fused-ring (bicyclic) bond motifs is 1. The fourth-order valence-corrected chi connectivity index (χ4v) is 2.57. The van der Waals surface area contributed by atoms with Crippen LogP contribution >= 0.6 is 0 Å². The predicted molar refractivity (Wildman–Crippen MR) is 87.6 cm³/mol. The highest BCUT2D eigenvalue weighted by Crippen LogP contribution is 2.28. The van der Waals surface area contributed by atoms with Crippen LogP contribution in [0.1, 0.15) is 16.8 Å². The number of hydrogen-bond donors (Lipinski definition) is 1. The van der Waals surface area contributed by atoms with Gasteiger partial charge in [0.15, 0.2) is 0 Å². The summed E-state index contributed by atoms with van der Waals surface area (Å²) in [5.41, 5.74) is 3.43. The van der Waals surface area contributed by atoms with Crippen molar-refractivity contribution in [2.75, 3.05) is 11.9 Å². The van der Waals surface area contributed by atoms with Gasteiger partial charge in [0.05, 0.1) is 16.8 Å². The number of aromatic nitrogens is 2. The van der Waals surface area contributed by atoms with E-state index in [1.807, 2.05) is 25.1 Å². The predicted octanol–water partition coefficient (Wildman–Crippen LogP) is 3.60. The monoisotopic (exact) mass is 306 g/mol. The van der Waals surface area contributed by atoms with Gasteiger partial charge in [-0.1, -0.05) is 6.07 Å². The number of nitriles is 1. The van der Waals surface area contributed by atoms with E-state index in [2.05, 4.69) is 21.4 Å². The standard InChI is InChI=1S/C18H15FN4/c1-12-8-14(19)9-16-17(12)23-11-13(10-20)18(16)22-7-5-15-4-2-3-6-21-15/h2-4,6,8-9,11H,5,7H2,1H3,(H,22,23). The van der Waals surface area contributed by atoms with E-state index in [0.29, 0.717) is 35.1 Å². The Morgan fingerprint density at radius 2 is 2.13 bits per heavy atom. The molecule has 114 valence electrons. The highest BCUT2D eigenvalue weighted by molar-refractivity contribution is 5.95. The van der Waals surface area contributed by atoms with Gasteiger partial charge in [-0.05, 0) is 36.8 Å². The topological polar surface area (TPSA) is 61.6 Å². The minimum Gasteiger partial charge on any atom is -0.383 e. The molecule has 23 heavy (non-hydrogen) atoms. The van der Waals surface area contributed by atoms with Gasteiger partial charge in [0.25, 0.3) is 0 Å². The molecule has 0 saturated carbocycles. The quantitative estimate of drug-likeness (QED) is 0.800. The Bertz CT molecular complexity index is 885. The van der Waals surface area contributed by atoms with Crippen LogP contribution in [0.4, 0.5) is 10.1 Å². The second-order valence-corrected chi connectivity index (χ2v) is 5.28. The van der Waals surface area contributed by atoms with E-state index in [9.17, 15) is 9.65 Å². The molecule has 0 aliphatic carbocycles. The fourth-order valence-electron chi connectivity index (χ4n) is 2.57. The van der Waals surface area contributed by atoms with Gasteiger partial charge in [0.2, 0.25) is 0 Å². The van der Waals surface area contributed by atoms with Gasteiger partial charge in [-0.2, -0.15) is 5.26 Å². The molecule has 0 fully saturated rings. The largest absolute Gasteiger partial charge is 0.383 e. The molecule has 0 saturated heterocycles. The van der Waals surface area contributed by atoms with Crippen molar-refractivity contribution in [1.82, 2.24) is 9.97 Å². The van der Waals surface area contributed by atoms with Crippen molar-refractivity contribution in [2.45, 2.75) is 13.3 Å². The zero-order valence-corrected chi connectivity index (χ0v) is 12.7. The third-order valence-electron chi connectivity index (χ3n) is 3.66. The molecule has 0 amide bonds. The Labute approximate surface area is 133 Å². The first kappa shape index (κ1) is 14.9. The van der Waals surface area contributed by atoms with Crippen LogP contribution in [0.3, 0.4) is 0 Å². The molecule has 2 aromatic heterocycles. The summed E-state index contributed by atoms with van der Waals surface area (Å²) < 4.78 is 13.8. The van der Waals surface area contributed by atoms with Crippen LogP contribution in [0, 0.1) is 24.1 Å². The molecule has 5 heteroatoms. The number of nitrogens with one attached hydrogen (secondary N) is 1. The SMILES string of the molecule is Cc1cc(F)cc2c(NCCc3ccccn3)c(C#N)cnc12. The van der Waals surface area contributed by atoms with E-state index >= 15 is 0 Å². The number of aryl methyl sites for hydroxylation is 1. The summed E-state index contributed by atoms with van der Waals surface area (Å²) >= 11 is 0. The molecule has 0 bridgehead atoms. The van der Waals surface area contributed by atoms with Gasteiger partial charge < -0.3 is 5.32 Å². The number of halogens is 1. The lowest BCUT2D eigenvalue weighted by atomic mass is 10.1. The Hall–Kier alpha value is -3.00. The van der Waals surface area contributed by atoms with Crippen molar-refractivity contribution in [1.29, 1.82) is 5.26 Å².